The van der Waals surface area contributed by atoms with Gasteiger partial charge in [-0.3, -0.25) is 4.79 Å². The fourth-order valence-electron chi connectivity index (χ4n) is 4.51. The standard InChI is InChI=1S/C22H24Cl2N2O/c23-19-9-8-18(16-20(19)24)25-12-14-26(15-13-25)21(27)22(10-4-5-11-22)17-6-2-1-3-7-17/h1-3,6-9,16H,4-5,10-15H2. The van der Waals surface area contributed by atoms with Crippen LogP contribution in [-0.2, 0) is 10.2 Å². The molecule has 0 N–H and O–H groups in total. The number of rotatable bonds is 3. The zero-order valence-corrected chi connectivity index (χ0v) is 16.8. The number of anilines is 1. The molecule has 0 spiro atoms. The van der Waals surface area contributed by atoms with Crippen molar-refractivity contribution in [3.8, 4) is 0 Å². The largest absolute Gasteiger partial charge is 0.368 e. The first-order valence-corrected chi connectivity index (χ1v) is 10.4. The van der Waals surface area contributed by atoms with E-state index in [-0.39, 0.29) is 5.41 Å². The van der Waals surface area contributed by atoms with E-state index in [4.69, 9.17) is 23.2 Å². The minimum atomic E-state index is -0.326. The average Bonchev–Trinajstić information content (AvgIpc) is 3.21. The zero-order chi connectivity index (χ0) is 18.9. The predicted octanol–water partition coefficient (Wildman–Crippen LogP) is 5.15. The molecule has 2 aromatic carbocycles. The molecule has 1 aliphatic carbocycles. The van der Waals surface area contributed by atoms with Gasteiger partial charge in [0, 0.05) is 31.9 Å². The Balaban J connectivity index is 1.48. The molecule has 0 aromatic heterocycles. The molecule has 2 aliphatic rings. The second kappa shape index (κ2) is 7.73. The molecule has 0 unspecified atom stereocenters. The number of carbonyl (C=O) groups is 1. The van der Waals surface area contributed by atoms with E-state index in [9.17, 15) is 4.79 Å². The number of benzene rings is 2. The van der Waals surface area contributed by atoms with Gasteiger partial charge >= 0.3 is 0 Å². The number of amides is 1. The van der Waals surface area contributed by atoms with Gasteiger partial charge < -0.3 is 9.80 Å². The summed E-state index contributed by atoms with van der Waals surface area (Å²) in [5, 5.41) is 1.14. The molecule has 1 aliphatic heterocycles. The van der Waals surface area contributed by atoms with Gasteiger partial charge in [0.2, 0.25) is 5.91 Å². The Morgan fingerprint density at radius 2 is 1.52 bits per heavy atom. The summed E-state index contributed by atoms with van der Waals surface area (Å²) in [4.78, 5) is 17.9. The molecule has 1 heterocycles. The number of hydrogen-bond donors (Lipinski definition) is 0. The summed E-state index contributed by atoms with van der Waals surface area (Å²) < 4.78 is 0. The first-order valence-electron chi connectivity index (χ1n) is 9.65. The fraction of sp³-hybridized carbons (Fsp3) is 0.409. The van der Waals surface area contributed by atoms with Crippen LogP contribution in [0.2, 0.25) is 10.0 Å². The van der Waals surface area contributed by atoms with Crippen LogP contribution in [0.25, 0.3) is 0 Å². The third kappa shape index (κ3) is 3.55. The molecular weight excluding hydrogens is 379 g/mol. The zero-order valence-electron chi connectivity index (χ0n) is 15.3. The Morgan fingerprint density at radius 1 is 0.852 bits per heavy atom. The number of carbonyl (C=O) groups excluding carboxylic acids is 1. The quantitative estimate of drug-likeness (QED) is 0.707. The van der Waals surface area contributed by atoms with E-state index in [0.29, 0.717) is 16.0 Å². The van der Waals surface area contributed by atoms with Crippen molar-refractivity contribution in [1.29, 1.82) is 0 Å². The van der Waals surface area contributed by atoms with Crippen molar-refractivity contribution in [2.75, 3.05) is 31.1 Å². The molecule has 142 valence electrons. The van der Waals surface area contributed by atoms with Gasteiger partial charge in [-0.25, -0.2) is 0 Å². The van der Waals surface area contributed by atoms with Crippen LogP contribution in [0.15, 0.2) is 48.5 Å². The van der Waals surface area contributed by atoms with Crippen LogP contribution in [0.4, 0.5) is 5.69 Å². The molecular formula is C22H24Cl2N2O. The fourth-order valence-corrected chi connectivity index (χ4v) is 4.81. The lowest BCUT2D eigenvalue weighted by Gasteiger charge is -2.41. The summed E-state index contributed by atoms with van der Waals surface area (Å²) >= 11 is 12.2. The highest BCUT2D eigenvalue weighted by molar-refractivity contribution is 6.42. The van der Waals surface area contributed by atoms with E-state index in [1.54, 1.807) is 0 Å². The molecule has 1 saturated carbocycles. The van der Waals surface area contributed by atoms with Gasteiger partial charge in [0.05, 0.1) is 15.5 Å². The van der Waals surface area contributed by atoms with E-state index in [1.807, 2.05) is 36.4 Å². The van der Waals surface area contributed by atoms with E-state index < -0.39 is 0 Å². The van der Waals surface area contributed by atoms with Gasteiger partial charge in [0.25, 0.3) is 0 Å². The second-order valence-corrected chi connectivity index (χ2v) is 8.35. The lowest BCUT2D eigenvalue weighted by Crippen LogP contribution is -2.54. The monoisotopic (exact) mass is 402 g/mol. The van der Waals surface area contributed by atoms with Crippen molar-refractivity contribution in [3.63, 3.8) is 0 Å². The molecule has 0 radical (unpaired) electrons. The van der Waals surface area contributed by atoms with Crippen molar-refractivity contribution >= 4 is 34.8 Å². The van der Waals surface area contributed by atoms with Crippen LogP contribution in [0.5, 0.6) is 0 Å². The van der Waals surface area contributed by atoms with Crippen molar-refractivity contribution in [2.45, 2.75) is 31.1 Å². The van der Waals surface area contributed by atoms with E-state index in [2.05, 4.69) is 21.9 Å². The Labute approximate surface area is 170 Å². The smallest absolute Gasteiger partial charge is 0.233 e. The van der Waals surface area contributed by atoms with E-state index in [0.717, 1.165) is 57.5 Å². The number of piperazine rings is 1. The predicted molar refractivity (Wildman–Crippen MR) is 112 cm³/mol. The van der Waals surface area contributed by atoms with Crippen molar-refractivity contribution in [3.05, 3.63) is 64.1 Å². The highest BCUT2D eigenvalue weighted by Gasteiger charge is 2.45. The summed E-state index contributed by atoms with van der Waals surface area (Å²) in [6.45, 7) is 3.12. The minimum absolute atomic E-state index is 0.306. The SMILES string of the molecule is O=C(N1CCN(c2ccc(Cl)c(Cl)c2)CC1)C1(c2ccccc2)CCCC1. The van der Waals surface area contributed by atoms with Crippen LogP contribution in [0.3, 0.4) is 0 Å². The molecule has 0 atom stereocenters. The topological polar surface area (TPSA) is 23.6 Å². The number of nitrogens with zero attached hydrogens (tertiary/aromatic N) is 2. The summed E-state index contributed by atoms with van der Waals surface area (Å²) in [7, 11) is 0. The maximum absolute atomic E-state index is 13.5. The minimum Gasteiger partial charge on any atom is -0.368 e. The van der Waals surface area contributed by atoms with Crippen molar-refractivity contribution < 1.29 is 4.79 Å². The highest BCUT2D eigenvalue weighted by Crippen LogP contribution is 2.42. The van der Waals surface area contributed by atoms with Crippen LogP contribution in [-0.4, -0.2) is 37.0 Å². The van der Waals surface area contributed by atoms with Gasteiger partial charge in [0.15, 0.2) is 0 Å². The van der Waals surface area contributed by atoms with Crippen LogP contribution >= 0.6 is 23.2 Å². The lowest BCUT2D eigenvalue weighted by atomic mass is 9.77. The summed E-state index contributed by atoms with van der Waals surface area (Å²) in [5.74, 6) is 0.306. The molecule has 2 aromatic rings. The molecule has 2 fully saturated rings. The van der Waals surface area contributed by atoms with Gasteiger partial charge in [-0.1, -0.05) is 66.4 Å². The molecule has 4 rings (SSSR count). The third-order valence-corrected chi connectivity index (χ3v) is 6.77. The van der Waals surface area contributed by atoms with Gasteiger partial charge in [0.1, 0.15) is 0 Å². The van der Waals surface area contributed by atoms with Crippen molar-refractivity contribution in [1.82, 2.24) is 4.90 Å². The molecule has 1 amide bonds. The first kappa shape index (κ1) is 18.6. The first-order chi connectivity index (χ1) is 13.1. The number of hydrogen-bond acceptors (Lipinski definition) is 2. The molecule has 3 nitrogen and oxygen atoms in total. The third-order valence-electron chi connectivity index (χ3n) is 6.03. The van der Waals surface area contributed by atoms with E-state index in [1.165, 1.54) is 5.56 Å². The normalized spacial score (nSPS) is 19.3. The van der Waals surface area contributed by atoms with Crippen LogP contribution in [0, 0.1) is 0 Å². The molecule has 0 bridgehead atoms. The molecule has 1 saturated heterocycles. The summed E-state index contributed by atoms with van der Waals surface area (Å²) in [6.07, 6.45) is 4.18. The summed E-state index contributed by atoms with van der Waals surface area (Å²) in [6, 6.07) is 16.1. The maximum atomic E-state index is 13.5. The van der Waals surface area contributed by atoms with E-state index >= 15 is 0 Å². The van der Waals surface area contributed by atoms with Gasteiger partial charge in [-0.05, 0) is 36.6 Å². The molecule has 27 heavy (non-hydrogen) atoms. The molecule has 5 heteroatoms. The summed E-state index contributed by atoms with van der Waals surface area (Å²) in [5.41, 5.74) is 1.92. The number of halogens is 2. The van der Waals surface area contributed by atoms with Gasteiger partial charge in [-0.15, -0.1) is 0 Å². The Bertz CT molecular complexity index is 810. The Kier molecular flexibility index (Phi) is 5.34. The average molecular weight is 403 g/mol. The van der Waals surface area contributed by atoms with Crippen molar-refractivity contribution in [2.24, 2.45) is 0 Å². The van der Waals surface area contributed by atoms with Crippen LogP contribution in [0.1, 0.15) is 31.2 Å². The Morgan fingerprint density at radius 3 is 2.15 bits per heavy atom. The maximum Gasteiger partial charge on any atom is 0.233 e. The van der Waals surface area contributed by atoms with Crippen LogP contribution < -0.4 is 4.90 Å². The Hall–Kier alpha value is -1.71. The second-order valence-electron chi connectivity index (χ2n) is 7.53. The highest BCUT2D eigenvalue weighted by atomic mass is 35.5. The lowest BCUT2D eigenvalue weighted by molar-refractivity contribution is -0.137. The van der Waals surface area contributed by atoms with Gasteiger partial charge in [-0.2, -0.15) is 0 Å².